The van der Waals surface area contributed by atoms with Gasteiger partial charge in [-0.15, -0.1) is 0 Å². The lowest BCUT2D eigenvalue weighted by molar-refractivity contribution is -0.143. The van der Waals surface area contributed by atoms with Crippen LogP contribution in [0.5, 0.6) is 0 Å². The summed E-state index contributed by atoms with van der Waals surface area (Å²) in [5.74, 6) is -0.440. The number of nitrogens with two attached hydrogens (primary N) is 1. The average molecular weight is 450 g/mol. The molecule has 0 aliphatic carbocycles. The van der Waals surface area contributed by atoms with E-state index in [9.17, 15) is 4.79 Å². The Labute approximate surface area is 188 Å². The molecule has 30 heavy (non-hydrogen) atoms. The number of nitrogen functional groups attached to an aromatic ring is 1. The summed E-state index contributed by atoms with van der Waals surface area (Å²) in [6.45, 7) is 3.67. The third-order valence-electron chi connectivity index (χ3n) is 5.90. The van der Waals surface area contributed by atoms with Crippen LogP contribution in [0.15, 0.2) is 36.4 Å². The van der Waals surface area contributed by atoms with Crippen LogP contribution < -0.4 is 5.73 Å². The fourth-order valence-electron chi connectivity index (χ4n) is 4.11. The number of carbonyl (C=O) groups is 1. The van der Waals surface area contributed by atoms with Crippen LogP contribution in [-0.2, 0) is 11.3 Å². The van der Waals surface area contributed by atoms with Gasteiger partial charge >= 0.3 is 5.97 Å². The zero-order valence-corrected chi connectivity index (χ0v) is 19.0. The van der Waals surface area contributed by atoms with E-state index < -0.39 is 5.97 Å². The van der Waals surface area contributed by atoms with Crippen LogP contribution in [0.1, 0.15) is 35.4 Å². The Balaban J connectivity index is 0.000000216. The van der Waals surface area contributed by atoms with Gasteiger partial charge in [-0.05, 0) is 81.0 Å². The van der Waals surface area contributed by atoms with E-state index in [1.54, 1.807) is 0 Å². The minimum Gasteiger partial charge on any atom is -0.481 e. The zero-order chi connectivity index (χ0) is 21.8. The Morgan fingerprint density at radius 2 is 1.70 bits per heavy atom. The van der Waals surface area contributed by atoms with Crippen molar-refractivity contribution in [3.8, 4) is 0 Å². The van der Waals surface area contributed by atoms with Gasteiger partial charge in [0.15, 0.2) is 0 Å². The van der Waals surface area contributed by atoms with Gasteiger partial charge in [-0.1, -0.05) is 35.3 Å². The summed E-state index contributed by atoms with van der Waals surface area (Å²) in [6, 6.07) is 11.9. The summed E-state index contributed by atoms with van der Waals surface area (Å²) in [4.78, 5) is 14.9. The van der Waals surface area contributed by atoms with Crippen LogP contribution >= 0.6 is 23.2 Å². The molecular formula is C23H29Cl2N3O2. The fourth-order valence-corrected chi connectivity index (χ4v) is 4.68. The number of anilines is 1. The van der Waals surface area contributed by atoms with Gasteiger partial charge in [0.2, 0.25) is 0 Å². The Kier molecular flexibility index (Phi) is 7.64. The fraction of sp³-hybridized carbons (Fsp3) is 0.435. The van der Waals surface area contributed by atoms with Crippen LogP contribution in [0, 0.1) is 5.92 Å². The van der Waals surface area contributed by atoms with E-state index >= 15 is 0 Å². The molecule has 1 saturated heterocycles. The van der Waals surface area contributed by atoms with Gasteiger partial charge in [0.25, 0.3) is 0 Å². The molecule has 4 rings (SSSR count). The quantitative estimate of drug-likeness (QED) is 0.657. The number of piperidine rings is 1. The molecule has 0 bridgehead atoms. The van der Waals surface area contributed by atoms with E-state index in [1.165, 1.54) is 16.7 Å². The second-order valence-corrected chi connectivity index (χ2v) is 9.13. The van der Waals surface area contributed by atoms with E-state index in [0.29, 0.717) is 5.02 Å². The Bertz CT molecular complexity index is 881. The summed E-state index contributed by atoms with van der Waals surface area (Å²) in [7, 11) is 4.14. The molecule has 162 valence electrons. The van der Waals surface area contributed by atoms with Gasteiger partial charge in [0, 0.05) is 34.7 Å². The molecule has 0 amide bonds. The van der Waals surface area contributed by atoms with E-state index in [-0.39, 0.29) is 11.8 Å². The second kappa shape index (κ2) is 10.0. The first-order valence-corrected chi connectivity index (χ1v) is 10.9. The van der Waals surface area contributed by atoms with Crippen LogP contribution in [-0.4, -0.2) is 54.6 Å². The van der Waals surface area contributed by atoms with Gasteiger partial charge in [-0.25, -0.2) is 0 Å². The Hall–Kier alpha value is -1.79. The first-order chi connectivity index (χ1) is 14.2. The molecule has 2 aromatic carbocycles. The molecule has 7 heteroatoms. The summed E-state index contributed by atoms with van der Waals surface area (Å²) >= 11 is 12.5. The van der Waals surface area contributed by atoms with Crippen molar-refractivity contribution in [1.29, 1.82) is 0 Å². The molecular weight excluding hydrogens is 421 g/mol. The van der Waals surface area contributed by atoms with Gasteiger partial charge < -0.3 is 20.6 Å². The largest absolute Gasteiger partial charge is 0.481 e. The first kappa shape index (κ1) is 22.9. The number of fused-ring (bicyclic) bond motifs is 1. The third-order valence-corrected chi connectivity index (χ3v) is 6.45. The highest BCUT2D eigenvalue weighted by atomic mass is 35.5. The lowest BCUT2D eigenvalue weighted by atomic mass is 9.85. The molecule has 3 N–H and O–H groups in total. The molecule has 5 nitrogen and oxygen atoms in total. The minimum absolute atomic E-state index is 0.0869. The maximum atomic E-state index is 10.4. The van der Waals surface area contributed by atoms with Gasteiger partial charge in [0.1, 0.15) is 0 Å². The maximum Gasteiger partial charge on any atom is 0.306 e. The van der Waals surface area contributed by atoms with Gasteiger partial charge in [-0.3, -0.25) is 4.79 Å². The number of carboxylic acid groups (broad SMARTS) is 1. The van der Waals surface area contributed by atoms with Crippen LogP contribution in [0.25, 0.3) is 0 Å². The molecule has 1 fully saturated rings. The summed E-state index contributed by atoms with van der Waals surface area (Å²) in [6.07, 6.45) is 1.62. The van der Waals surface area contributed by atoms with E-state index in [2.05, 4.69) is 29.0 Å². The van der Waals surface area contributed by atoms with Crippen molar-refractivity contribution in [3.05, 3.63) is 63.1 Å². The van der Waals surface area contributed by atoms with Crippen molar-refractivity contribution in [2.75, 3.05) is 39.5 Å². The van der Waals surface area contributed by atoms with Crippen molar-refractivity contribution in [3.63, 3.8) is 0 Å². The smallest absolute Gasteiger partial charge is 0.306 e. The second-order valence-electron chi connectivity index (χ2n) is 8.29. The number of hydrogen-bond acceptors (Lipinski definition) is 4. The van der Waals surface area contributed by atoms with Crippen molar-refractivity contribution in [2.24, 2.45) is 5.92 Å². The predicted octanol–water partition coefficient (Wildman–Crippen LogP) is 4.57. The Morgan fingerprint density at radius 1 is 1.07 bits per heavy atom. The lowest BCUT2D eigenvalue weighted by Crippen LogP contribution is -2.33. The topological polar surface area (TPSA) is 69.8 Å². The van der Waals surface area contributed by atoms with Gasteiger partial charge in [-0.2, -0.15) is 0 Å². The van der Waals surface area contributed by atoms with Crippen LogP contribution in [0.3, 0.4) is 0 Å². The molecule has 2 aromatic rings. The molecule has 2 heterocycles. The first-order valence-electron chi connectivity index (χ1n) is 10.2. The van der Waals surface area contributed by atoms with Crippen molar-refractivity contribution < 1.29 is 9.90 Å². The highest BCUT2D eigenvalue weighted by molar-refractivity contribution is 6.35. The molecule has 0 aromatic heterocycles. The number of hydrogen-bond donors (Lipinski definition) is 2. The van der Waals surface area contributed by atoms with Crippen molar-refractivity contribution in [1.82, 2.24) is 9.80 Å². The molecule has 0 radical (unpaired) electrons. The van der Waals surface area contributed by atoms with Crippen molar-refractivity contribution in [2.45, 2.75) is 25.3 Å². The minimum atomic E-state index is -0.631. The number of benzene rings is 2. The monoisotopic (exact) mass is 449 g/mol. The Morgan fingerprint density at radius 3 is 2.30 bits per heavy atom. The number of aliphatic carboxylic acids is 1. The normalized spacial score (nSPS) is 20.2. The van der Waals surface area contributed by atoms with E-state index in [1.807, 2.05) is 31.3 Å². The number of halogens is 2. The van der Waals surface area contributed by atoms with Gasteiger partial charge in [0.05, 0.1) is 5.92 Å². The summed E-state index contributed by atoms with van der Waals surface area (Å²) in [5.41, 5.74) is 10.2. The van der Waals surface area contributed by atoms with Crippen LogP contribution in [0.4, 0.5) is 5.69 Å². The number of rotatable bonds is 2. The molecule has 0 spiro atoms. The van der Waals surface area contributed by atoms with Crippen molar-refractivity contribution >= 4 is 34.9 Å². The molecule has 2 aliphatic rings. The van der Waals surface area contributed by atoms with E-state index in [0.717, 1.165) is 49.7 Å². The number of likely N-dealkylation sites (N-methyl/N-ethyl adjacent to an activating group) is 1. The average Bonchev–Trinajstić information content (AvgIpc) is 2.70. The summed E-state index contributed by atoms with van der Waals surface area (Å²) < 4.78 is 0. The lowest BCUT2D eigenvalue weighted by Gasteiger charge is -2.33. The summed E-state index contributed by atoms with van der Waals surface area (Å²) in [5, 5.41) is 10.0. The molecule has 1 unspecified atom stereocenters. The predicted molar refractivity (Wildman–Crippen MR) is 123 cm³/mol. The highest BCUT2D eigenvalue weighted by Gasteiger charge is 2.27. The number of likely N-dealkylation sites (tertiary alicyclic amines) is 1. The molecule has 1 atom stereocenters. The maximum absolute atomic E-state index is 10.4. The number of nitrogens with zero attached hydrogens (tertiary/aromatic N) is 2. The standard InChI is InChI=1S/C16H16Cl2N2.C7H13NO2/c1-20-8-14(10-2-4-12(19)5-3-10)13-6-11(17)7-16(18)15(13)9-20;1-8-4-2-6(3-5-8)7(9)10/h2-7,14H,8-9,19H2,1H3;6H,2-5H2,1H3,(H,9,10). The zero-order valence-electron chi connectivity index (χ0n) is 17.4. The third kappa shape index (κ3) is 5.67. The van der Waals surface area contributed by atoms with Crippen LogP contribution in [0.2, 0.25) is 10.0 Å². The molecule has 2 aliphatic heterocycles. The van der Waals surface area contributed by atoms with E-state index in [4.69, 9.17) is 34.0 Å². The number of carboxylic acids is 1. The SMILES string of the molecule is CN1CCC(C(=O)O)CC1.CN1Cc2c(Cl)cc(Cl)cc2C(c2ccc(N)cc2)C1. The molecule has 0 saturated carbocycles. The highest BCUT2D eigenvalue weighted by Crippen LogP contribution is 2.38.